The molecule has 2 rings (SSSR count). The van der Waals surface area contributed by atoms with Crippen LogP contribution in [0.5, 0.6) is 5.75 Å². The molecule has 1 N–H and O–H groups in total. The molecule has 0 radical (unpaired) electrons. The van der Waals surface area contributed by atoms with Crippen LogP contribution >= 0.6 is 0 Å². The number of methoxy groups -OCH3 is 1. The SMILES string of the molecule is CC[C@@H](C)NC(=O)[C@H](CC)N(CCc1ccccc1)C(=O)CN(c1cc(C)ccc1OC)S(C)(=O)=O. The summed E-state index contributed by atoms with van der Waals surface area (Å²) in [5.74, 6) is -0.352. The van der Waals surface area contributed by atoms with Crippen LogP contribution in [0.2, 0.25) is 0 Å². The fourth-order valence-electron chi connectivity index (χ4n) is 3.93. The van der Waals surface area contributed by atoms with Crippen molar-refractivity contribution in [2.75, 3.05) is 30.8 Å². The highest BCUT2D eigenvalue weighted by Gasteiger charge is 2.32. The molecule has 0 aliphatic heterocycles. The number of amides is 2. The number of anilines is 1. The van der Waals surface area contributed by atoms with Crippen molar-refractivity contribution in [2.45, 2.75) is 59.0 Å². The van der Waals surface area contributed by atoms with Crippen molar-refractivity contribution in [3.63, 3.8) is 0 Å². The van der Waals surface area contributed by atoms with E-state index in [1.807, 2.05) is 64.1 Å². The number of carbonyl (C=O) groups is 2. The highest BCUT2D eigenvalue weighted by atomic mass is 32.2. The fourth-order valence-corrected chi connectivity index (χ4v) is 4.77. The normalized spacial score (nSPS) is 12.9. The lowest BCUT2D eigenvalue weighted by Crippen LogP contribution is -2.54. The number of nitrogens with zero attached hydrogens (tertiary/aromatic N) is 2. The van der Waals surface area contributed by atoms with Crippen molar-refractivity contribution >= 4 is 27.5 Å². The molecule has 2 aromatic rings. The first kappa shape index (κ1) is 29.2. The summed E-state index contributed by atoms with van der Waals surface area (Å²) in [6, 6.07) is 14.1. The summed E-state index contributed by atoms with van der Waals surface area (Å²) in [6.07, 6.45) is 2.75. The van der Waals surface area contributed by atoms with Gasteiger partial charge >= 0.3 is 0 Å². The van der Waals surface area contributed by atoms with E-state index >= 15 is 0 Å². The van der Waals surface area contributed by atoms with E-state index in [4.69, 9.17) is 4.74 Å². The molecular weight excluding hydrogens is 478 g/mol. The van der Waals surface area contributed by atoms with Crippen LogP contribution in [0.15, 0.2) is 48.5 Å². The zero-order chi connectivity index (χ0) is 26.9. The minimum atomic E-state index is -3.83. The predicted octanol–water partition coefficient (Wildman–Crippen LogP) is 3.53. The molecule has 0 saturated carbocycles. The molecule has 0 heterocycles. The Morgan fingerprint density at radius 1 is 1.06 bits per heavy atom. The number of aryl methyl sites for hydroxylation is 1. The molecule has 0 aromatic heterocycles. The quantitative estimate of drug-likeness (QED) is 0.439. The molecule has 0 saturated heterocycles. The Hall–Kier alpha value is -3.07. The lowest BCUT2D eigenvalue weighted by molar-refractivity contribution is -0.139. The van der Waals surface area contributed by atoms with E-state index in [1.54, 1.807) is 12.1 Å². The second-order valence-electron chi connectivity index (χ2n) is 9.01. The molecule has 0 bridgehead atoms. The molecule has 2 amide bonds. The van der Waals surface area contributed by atoms with Crippen LogP contribution in [-0.4, -0.2) is 63.7 Å². The van der Waals surface area contributed by atoms with Gasteiger partial charge in [-0.25, -0.2) is 8.42 Å². The second kappa shape index (κ2) is 13.3. The fraction of sp³-hybridized carbons (Fsp3) is 0.481. The van der Waals surface area contributed by atoms with Crippen molar-refractivity contribution in [3.05, 3.63) is 59.7 Å². The van der Waals surface area contributed by atoms with E-state index in [0.717, 1.165) is 28.1 Å². The minimum Gasteiger partial charge on any atom is -0.495 e. The number of benzene rings is 2. The number of sulfonamides is 1. The van der Waals surface area contributed by atoms with E-state index in [-0.39, 0.29) is 24.2 Å². The molecule has 0 aliphatic carbocycles. The molecule has 0 unspecified atom stereocenters. The Morgan fingerprint density at radius 2 is 1.72 bits per heavy atom. The Kier molecular flexibility index (Phi) is 10.8. The highest BCUT2D eigenvalue weighted by molar-refractivity contribution is 7.92. The lowest BCUT2D eigenvalue weighted by atomic mass is 10.1. The Balaban J connectivity index is 2.43. The van der Waals surface area contributed by atoms with Crippen molar-refractivity contribution in [1.82, 2.24) is 10.2 Å². The van der Waals surface area contributed by atoms with Gasteiger partial charge in [-0.05, 0) is 56.4 Å². The molecule has 0 spiro atoms. The molecule has 0 aliphatic rings. The average Bonchev–Trinajstić information content (AvgIpc) is 2.84. The van der Waals surface area contributed by atoms with E-state index in [2.05, 4.69) is 5.32 Å². The molecule has 9 heteroatoms. The number of hydrogen-bond acceptors (Lipinski definition) is 5. The van der Waals surface area contributed by atoms with Crippen LogP contribution in [-0.2, 0) is 26.0 Å². The van der Waals surface area contributed by atoms with E-state index in [0.29, 0.717) is 18.6 Å². The first-order valence-corrected chi connectivity index (χ1v) is 14.1. The number of nitrogens with one attached hydrogen (secondary N) is 1. The summed E-state index contributed by atoms with van der Waals surface area (Å²) in [7, 11) is -2.38. The third-order valence-corrected chi connectivity index (χ3v) is 7.28. The molecule has 2 atom stereocenters. The first-order valence-electron chi connectivity index (χ1n) is 12.3. The van der Waals surface area contributed by atoms with Crippen molar-refractivity contribution in [2.24, 2.45) is 0 Å². The van der Waals surface area contributed by atoms with Crippen molar-refractivity contribution < 1.29 is 22.7 Å². The highest BCUT2D eigenvalue weighted by Crippen LogP contribution is 2.31. The molecule has 2 aromatic carbocycles. The Morgan fingerprint density at radius 3 is 2.28 bits per heavy atom. The maximum atomic E-state index is 13.7. The molecule has 198 valence electrons. The summed E-state index contributed by atoms with van der Waals surface area (Å²) in [5.41, 5.74) is 2.13. The third kappa shape index (κ3) is 7.98. The zero-order valence-electron chi connectivity index (χ0n) is 22.2. The van der Waals surface area contributed by atoms with Crippen LogP contribution in [0.3, 0.4) is 0 Å². The third-order valence-electron chi connectivity index (χ3n) is 6.15. The maximum Gasteiger partial charge on any atom is 0.244 e. The average molecular weight is 518 g/mol. The standard InChI is InChI=1S/C27H39N3O5S/c1-7-21(4)28-27(32)23(8-2)29(17-16-22-12-10-9-11-13-22)26(31)19-30(36(6,33)34)24-18-20(3)14-15-25(24)35-5/h9-15,18,21,23H,7-8,16-17,19H2,1-6H3,(H,28,32)/t21-,23+/m1/s1. The van der Waals surface area contributed by atoms with Crippen molar-refractivity contribution in [1.29, 1.82) is 0 Å². The predicted molar refractivity (Wildman–Crippen MR) is 144 cm³/mol. The number of carbonyl (C=O) groups excluding carboxylic acids is 2. The van der Waals surface area contributed by atoms with Gasteiger partial charge in [0, 0.05) is 12.6 Å². The van der Waals surface area contributed by atoms with Crippen LogP contribution in [0, 0.1) is 6.92 Å². The number of rotatable bonds is 13. The first-order chi connectivity index (χ1) is 17.0. The second-order valence-corrected chi connectivity index (χ2v) is 10.9. The van der Waals surface area contributed by atoms with Crippen LogP contribution in [0.1, 0.15) is 44.7 Å². The Labute approximate surface area is 215 Å². The summed E-state index contributed by atoms with van der Waals surface area (Å²) >= 11 is 0. The molecular formula is C27H39N3O5S. The smallest absolute Gasteiger partial charge is 0.244 e. The van der Waals surface area contributed by atoms with E-state index in [1.165, 1.54) is 12.0 Å². The van der Waals surface area contributed by atoms with Gasteiger partial charge in [-0.1, -0.05) is 50.2 Å². The van der Waals surface area contributed by atoms with Gasteiger partial charge in [0.25, 0.3) is 0 Å². The van der Waals surface area contributed by atoms with Crippen LogP contribution in [0.25, 0.3) is 0 Å². The summed E-state index contributed by atoms with van der Waals surface area (Å²) in [5, 5.41) is 2.97. The van der Waals surface area contributed by atoms with E-state index < -0.39 is 28.5 Å². The van der Waals surface area contributed by atoms with Gasteiger partial charge in [0.2, 0.25) is 21.8 Å². The van der Waals surface area contributed by atoms with Gasteiger partial charge in [-0.2, -0.15) is 0 Å². The summed E-state index contributed by atoms with van der Waals surface area (Å²) in [6.45, 7) is 7.41. The van der Waals surface area contributed by atoms with Gasteiger partial charge in [0.15, 0.2) is 0 Å². The number of ether oxygens (including phenoxy) is 1. The van der Waals surface area contributed by atoms with Gasteiger partial charge in [-0.15, -0.1) is 0 Å². The molecule has 8 nitrogen and oxygen atoms in total. The summed E-state index contributed by atoms with van der Waals surface area (Å²) < 4.78 is 32.1. The molecule has 0 fully saturated rings. The maximum absolute atomic E-state index is 13.7. The monoisotopic (exact) mass is 517 g/mol. The number of hydrogen-bond donors (Lipinski definition) is 1. The van der Waals surface area contributed by atoms with Crippen molar-refractivity contribution in [3.8, 4) is 5.75 Å². The largest absolute Gasteiger partial charge is 0.495 e. The minimum absolute atomic E-state index is 0.0401. The van der Waals surface area contributed by atoms with Crippen LogP contribution in [0.4, 0.5) is 5.69 Å². The van der Waals surface area contributed by atoms with Crippen LogP contribution < -0.4 is 14.4 Å². The lowest BCUT2D eigenvalue weighted by Gasteiger charge is -2.33. The van der Waals surface area contributed by atoms with E-state index in [9.17, 15) is 18.0 Å². The summed E-state index contributed by atoms with van der Waals surface area (Å²) in [4.78, 5) is 28.4. The zero-order valence-corrected chi connectivity index (χ0v) is 23.0. The van der Waals surface area contributed by atoms with Gasteiger partial charge in [-0.3, -0.25) is 13.9 Å². The van der Waals surface area contributed by atoms with Gasteiger partial charge in [0.1, 0.15) is 18.3 Å². The van der Waals surface area contributed by atoms with Gasteiger partial charge < -0.3 is 15.0 Å². The Bertz CT molecular complexity index is 1120. The topological polar surface area (TPSA) is 96.0 Å². The molecule has 36 heavy (non-hydrogen) atoms. The van der Waals surface area contributed by atoms with Gasteiger partial charge in [0.05, 0.1) is 19.1 Å².